The van der Waals surface area contributed by atoms with Crippen molar-refractivity contribution >= 4 is 26.8 Å². The lowest BCUT2D eigenvalue weighted by Crippen LogP contribution is -1.66. The molecule has 0 unspecified atom stereocenters. The molecule has 13 heavy (non-hydrogen) atoms. The van der Waals surface area contributed by atoms with Crippen LogP contribution in [0.25, 0.3) is 10.9 Å². The molecule has 0 saturated heterocycles. The first-order chi connectivity index (χ1) is 6.27. The van der Waals surface area contributed by atoms with Gasteiger partial charge < -0.3 is 5.11 Å². The summed E-state index contributed by atoms with van der Waals surface area (Å²) in [6.07, 6.45) is 2.56. The number of nitriles is 1. The van der Waals surface area contributed by atoms with Crippen molar-refractivity contribution in [3.63, 3.8) is 0 Å². The second-order valence-corrected chi connectivity index (χ2v) is 3.12. The predicted octanol–water partition coefficient (Wildman–Crippen LogP) is 2.17. The summed E-state index contributed by atoms with van der Waals surface area (Å²) in [6.45, 7) is 0. The average Bonchev–Trinajstić information content (AvgIpc) is 2.52. The van der Waals surface area contributed by atoms with E-state index in [0.717, 1.165) is 21.6 Å². The summed E-state index contributed by atoms with van der Waals surface area (Å²) in [5.74, 6) is 0. The Balaban J connectivity index is 0.000000251. The van der Waals surface area contributed by atoms with Gasteiger partial charge in [-0.05, 0) is 18.2 Å². The molecule has 0 aliphatic carbocycles. The fourth-order valence-electron chi connectivity index (χ4n) is 0.914. The zero-order valence-corrected chi connectivity index (χ0v) is 8.12. The maximum absolute atomic E-state index is 6.88. The van der Waals surface area contributed by atoms with Gasteiger partial charge in [-0.1, -0.05) is 15.9 Å². The summed E-state index contributed by atoms with van der Waals surface area (Å²) in [4.78, 5) is 0. The van der Waals surface area contributed by atoms with E-state index in [4.69, 9.17) is 10.4 Å². The molecular formula is C8H6BrN3O. The van der Waals surface area contributed by atoms with Crippen LogP contribution in [0.15, 0.2) is 28.9 Å². The molecule has 0 spiro atoms. The van der Waals surface area contributed by atoms with Crippen molar-refractivity contribution in [2.24, 2.45) is 0 Å². The molecule has 66 valence electrons. The third-order valence-corrected chi connectivity index (χ3v) is 1.90. The number of halogens is 1. The number of rotatable bonds is 0. The van der Waals surface area contributed by atoms with Gasteiger partial charge in [0, 0.05) is 9.86 Å². The van der Waals surface area contributed by atoms with Crippen molar-refractivity contribution < 1.29 is 5.11 Å². The zero-order chi connectivity index (χ0) is 9.68. The van der Waals surface area contributed by atoms with Crippen molar-refractivity contribution in [2.75, 3.05) is 0 Å². The monoisotopic (exact) mass is 239 g/mol. The summed E-state index contributed by atoms with van der Waals surface area (Å²) in [5.41, 5.74) is 1.07. The van der Waals surface area contributed by atoms with Gasteiger partial charge in [-0.3, -0.25) is 5.10 Å². The van der Waals surface area contributed by atoms with Crippen molar-refractivity contribution in [3.05, 3.63) is 28.9 Å². The molecule has 5 heteroatoms. The van der Waals surface area contributed by atoms with E-state index < -0.39 is 0 Å². The molecular weight excluding hydrogens is 234 g/mol. The van der Waals surface area contributed by atoms with E-state index >= 15 is 0 Å². The van der Waals surface area contributed by atoms with Crippen LogP contribution in [-0.4, -0.2) is 15.3 Å². The first-order valence-electron chi connectivity index (χ1n) is 3.39. The third kappa shape index (κ3) is 2.46. The number of fused-ring (bicyclic) bond motifs is 1. The number of hydrogen-bond acceptors (Lipinski definition) is 3. The largest absolute Gasteiger partial charge is 0.443 e. The van der Waals surface area contributed by atoms with Crippen LogP contribution in [-0.2, 0) is 0 Å². The van der Waals surface area contributed by atoms with Gasteiger partial charge in [0.1, 0.15) is 0 Å². The van der Waals surface area contributed by atoms with Crippen LogP contribution in [0.3, 0.4) is 0 Å². The Kier molecular flexibility index (Phi) is 3.29. The van der Waals surface area contributed by atoms with E-state index in [1.165, 1.54) is 0 Å². The summed E-state index contributed by atoms with van der Waals surface area (Å²) < 4.78 is 1.08. The summed E-state index contributed by atoms with van der Waals surface area (Å²) in [5, 5.41) is 21.7. The van der Waals surface area contributed by atoms with E-state index in [1.807, 2.05) is 18.2 Å². The van der Waals surface area contributed by atoms with Crippen LogP contribution in [0, 0.1) is 11.5 Å². The van der Waals surface area contributed by atoms with E-state index in [-0.39, 0.29) is 0 Å². The number of nitrogens with one attached hydrogen (secondary N) is 1. The SMILES string of the molecule is Brc1ccc2[nH]ncc2c1.N#CO. The maximum atomic E-state index is 6.88. The lowest BCUT2D eigenvalue weighted by Gasteiger charge is -1.87. The second-order valence-electron chi connectivity index (χ2n) is 2.20. The second kappa shape index (κ2) is 4.48. The molecule has 1 heterocycles. The van der Waals surface area contributed by atoms with E-state index in [1.54, 1.807) is 6.20 Å². The number of aliphatic hydroxyl groups excluding tert-OH is 1. The fourth-order valence-corrected chi connectivity index (χ4v) is 1.29. The normalized spacial score (nSPS) is 8.62. The molecule has 1 aromatic carbocycles. The number of hydrogen-bond donors (Lipinski definition) is 2. The van der Waals surface area contributed by atoms with Crippen molar-refractivity contribution in [3.8, 4) is 6.26 Å². The number of nitrogens with zero attached hydrogens (tertiary/aromatic N) is 2. The minimum Gasteiger partial charge on any atom is -0.443 e. The molecule has 2 rings (SSSR count). The number of aliphatic hydroxyl groups is 1. The molecule has 2 N–H and O–H groups in total. The predicted molar refractivity (Wildman–Crippen MR) is 51.3 cm³/mol. The van der Waals surface area contributed by atoms with Crippen molar-refractivity contribution in [2.45, 2.75) is 0 Å². The van der Waals surface area contributed by atoms with Gasteiger partial charge >= 0.3 is 0 Å². The Morgan fingerprint density at radius 3 is 2.92 bits per heavy atom. The number of aromatic amines is 1. The summed E-state index contributed by atoms with van der Waals surface area (Å²) >= 11 is 3.38. The van der Waals surface area contributed by atoms with E-state index in [0.29, 0.717) is 0 Å². The highest BCUT2D eigenvalue weighted by Gasteiger charge is 1.93. The first-order valence-corrected chi connectivity index (χ1v) is 4.19. The van der Waals surface area contributed by atoms with Gasteiger partial charge in [-0.15, -0.1) is 0 Å². The van der Waals surface area contributed by atoms with Crippen LogP contribution >= 0.6 is 15.9 Å². The van der Waals surface area contributed by atoms with Gasteiger partial charge in [0.05, 0.1) is 11.7 Å². The molecule has 0 aliphatic rings. The minimum absolute atomic E-state index is 0.750. The van der Waals surface area contributed by atoms with Gasteiger partial charge in [0.15, 0.2) is 0 Å². The fraction of sp³-hybridized carbons (Fsp3) is 0. The van der Waals surface area contributed by atoms with Crippen LogP contribution in [0.1, 0.15) is 0 Å². The van der Waals surface area contributed by atoms with Crippen molar-refractivity contribution in [1.82, 2.24) is 10.2 Å². The quantitative estimate of drug-likeness (QED) is 0.693. The molecule has 1 aromatic heterocycles. The first kappa shape index (κ1) is 9.55. The molecule has 0 aliphatic heterocycles. The van der Waals surface area contributed by atoms with E-state index in [9.17, 15) is 0 Å². The number of aromatic nitrogens is 2. The summed E-state index contributed by atoms with van der Waals surface area (Å²) in [7, 11) is 0. The van der Waals surface area contributed by atoms with Gasteiger partial charge in [-0.25, -0.2) is 0 Å². The Labute approximate surface area is 82.9 Å². The van der Waals surface area contributed by atoms with Crippen LogP contribution < -0.4 is 0 Å². The molecule has 0 atom stereocenters. The average molecular weight is 240 g/mol. The van der Waals surface area contributed by atoms with Crippen LogP contribution in [0.2, 0.25) is 0 Å². The Hall–Kier alpha value is -1.54. The maximum Gasteiger partial charge on any atom is 0.283 e. The standard InChI is InChI=1S/C7H5BrN2.CHNO/c8-6-1-2-7-5(3-6)4-9-10-7;2-1-3/h1-4H,(H,9,10);3H. The van der Waals surface area contributed by atoms with Gasteiger partial charge in [0.25, 0.3) is 6.26 Å². The Morgan fingerprint density at radius 2 is 2.23 bits per heavy atom. The highest BCUT2D eigenvalue weighted by Crippen LogP contribution is 2.16. The molecule has 0 radical (unpaired) electrons. The lowest BCUT2D eigenvalue weighted by atomic mass is 10.3. The highest BCUT2D eigenvalue weighted by atomic mass is 79.9. The van der Waals surface area contributed by atoms with Crippen LogP contribution in [0.5, 0.6) is 0 Å². The van der Waals surface area contributed by atoms with E-state index in [2.05, 4.69) is 26.1 Å². The smallest absolute Gasteiger partial charge is 0.283 e. The topological polar surface area (TPSA) is 72.7 Å². The molecule has 0 saturated carbocycles. The zero-order valence-electron chi connectivity index (χ0n) is 6.53. The summed E-state index contributed by atoms with van der Waals surface area (Å²) in [6, 6.07) is 6.01. The Bertz CT molecular complexity index is 432. The minimum atomic E-state index is 0.750. The molecule has 2 aromatic rings. The van der Waals surface area contributed by atoms with Crippen molar-refractivity contribution in [1.29, 1.82) is 5.26 Å². The molecule has 0 fully saturated rings. The third-order valence-electron chi connectivity index (χ3n) is 1.40. The van der Waals surface area contributed by atoms with Crippen LogP contribution in [0.4, 0.5) is 0 Å². The molecule has 0 amide bonds. The lowest BCUT2D eigenvalue weighted by molar-refractivity contribution is 0.503. The Morgan fingerprint density at radius 1 is 1.54 bits per heavy atom. The molecule has 0 bridgehead atoms. The van der Waals surface area contributed by atoms with Gasteiger partial charge in [-0.2, -0.15) is 10.4 Å². The highest BCUT2D eigenvalue weighted by molar-refractivity contribution is 9.10. The molecule has 4 nitrogen and oxygen atoms in total. The number of benzene rings is 1. The number of H-pyrrole nitrogens is 1. The van der Waals surface area contributed by atoms with Gasteiger partial charge in [0.2, 0.25) is 0 Å².